The molecule has 0 unspecified atom stereocenters. The van der Waals surface area contributed by atoms with Gasteiger partial charge in [0.25, 0.3) is 11.6 Å². The van der Waals surface area contributed by atoms with E-state index in [1.165, 1.54) is 24.3 Å². The highest BCUT2D eigenvalue weighted by Gasteiger charge is 2.18. The second-order valence-electron chi connectivity index (χ2n) is 5.76. The first kappa shape index (κ1) is 18.4. The molecular formula is C16H19N3O6. The van der Waals surface area contributed by atoms with E-state index in [-0.39, 0.29) is 18.2 Å². The van der Waals surface area contributed by atoms with E-state index in [2.05, 4.69) is 10.6 Å². The van der Waals surface area contributed by atoms with Crippen molar-refractivity contribution in [3.63, 3.8) is 0 Å². The fraction of sp³-hybridized carbons (Fsp3) is 0.438. The van der Waals surface area contributed by atoms with Gasteiger partial charge in [-0.3, -0.25) is 25.0 Å². The van der Waals surface area contributed by atoms with Gasteiger partial charge >= 0.3 is 12.0 Å². The average Bonchev–Trinajstić information content (AvgIpc) is 3.06. The zero-order valence-corrected chi connectivity index (χ0v) is 13.5. The number of carbonyl (C=O) groups is 3. The Hall–Kier alpha value is -2.97. The van der Waals surface area contributed by atoms with Crippen molar-refractivity contribution in [1.82, 2.24) is 10.6 Å². The summed E-state index contributed by atoms with van der Waals surface area (Å²) in [4.78, 5) is 44.8. The number of esters is 1. The molecule has 0 atom stereocenters. The van der Waals surface area contributed by atoms with Gasteiger partial charge in [-0.25, -0.2) is 4.79 Å². The van der Waals surface area contributed by atoms with Gasteiger partial charge in [-0.15, -0.1) is 0 Å². The Morgan fingerprint density at radius 3 is 2.40 bits per heavy atom. The van der Waals surface area contributed by atoms with Crippen LogP contribution < -0.4 is 10.6 Å². The molecular weight excluding hydrogens is 330 g/mol. The third-order valence-corrected chi connectivity index (χ3v) is 3.80. The van der Waals surface area contributed by atoms with E-state index in [1.54, 1.807) is 0 Å². The minimum Gasteiger partial charge on any atom is -0.455 e. The number of nitrogens with one attached hydrogen (secondary N) is 2. The van der Waals surface area contributed by atoms with Crippen molar-refractivity contribution in [3.05, 3.63) is 39.9 Å². The molecule has 2 N–H and O–H groups in total. The van der Waals surface area contributed by atoms with Crippen molar-refractivity contribution in [2.75, 3.05) is 6.61 Å². The first-order valence-corrected chi connectivity index (χ1v) is 7.93. The first-order valence-electron chi connectivity index (χ1n) is 7.93. The Labute approximate surface area is 143 Å². The van der Waals surface area contributed by atoms with Crippen molar-refractivity contribution in [1.29, 1.82) is 0 Å². The van der Waals surface area contributed by atoms with Gasteiger partial charge in [0, 0.05) is 18.2 Å². The van der Waals surface area contributed by atoms with Crippen LogP contribution in [0.25, 0.3) is 0 Å². The summed E-state index contributed by atoms with van der Waals surface area (Å²) in [5.41, 5.74) is 0.444. The van der Waals surface area contributed by atoms with Crippen LogP contribution in [0.1, 0.15) is 31.2 Å². The summed E-state index contributed by atoms with van der Waals surface area (Å²) in [6.45, 7) is -0.566. The van der Waals surface area contributed by atoms with E-state index in [1.807, 2.05) is 0 Å². The lowest BCUT2D eigenvalue weighted by molar-refractivity contribution is -0.384. The van der Waals surface area contributed by atoms with Gasteiger partial charge in [0.2, 0.25) is 0 Å². The number of urea groups is 1. The molecule has 0 radical (unpaired) electrons. The van der Waals surface area contributed by atoms with E-state index in [0.717, 1.165) is 25.7 Å². The minimum atomic E-state index is -0.715. The van der Waals surface area contributed by atoms with E-state index < -0.39 is 29.4 Å². The molecule has 1 aromatic carbocycles. The zero-order valence-electron chi connectivity index (χ0n) is 13.5. The van der Waals surface area contributed by atoms with Crippen LogP contribution in [-0.2, 0) is 20.7 Å². The number of nitro groups is 1. The molecule has 134 valence electrons. The van der Waals surface area contributed by atoms with Crippen LogP contribution in [-0.4, -0.2) is 35.5 Å². The van der Waals surface area contributed by atoms with Gasteiger partial charge < -0.3 is 10.1 Å². The van der Waals surface area contributed by atoms with Gasteiger partial charge in [0.15, 0.2) is 6.61 Å². The van der Waals surface area contributed by atoms with Gasteiger partial charge in [-0.1, -0.05) is 25.0 Å². The third kappa shape index (κ3) is 6.21. The molecule has 0 saturated heterocycles. The quantitative estimate of drug-likeness (QED) is 0.454. The highest BCUT2D eigenvalue weighted by molar-refractivity contribution is 5.95. The topological polar surface area (TPSA) is 128 Å². The molecule has 1 aliphatic carbocycles. The summed E-state index contributed by atoms with van der Waals surface area (Å²) in [6, 6.07) is 4.93. The fourth-order valence-electron chi connectivity index (χ4n) is 2.55. The summed E-state index contributed by atoms with van der Waals surface area (Å²) in [5, 5.41) is 15.3. The highest BCUT2D eigenvalue weighted by Crippen LogP contribution is 2.17. The Balaban J connectivity index is 1.68. The molecule has 0 bridgehead atoms. The molecule has 2 rings (SSSR count). The minimum absolute atomic E-state index is 0.0789. The molecule has 1 aliphatic rings. The number of non-ortho nitro benzene ring substituents is 1. The summed E-state index contributed by atoms with van der Waals surface area (Å²) in [5.74, 6) is -1.38. The summed E-state index contributed by atoms with van der Waals surface area (Å²) >= 11 is 0. The lowest BCUT2D eigenvalue weighted by Crippen LogP contribution is -2.45. The number of nitrogens with zero attached hydrogens (tertiary/aromatic N) is 1. The van der Waals surface area contributed by atoms with Crippen molar-refractivity contribution in [3.8, 4) is 0 Å². The molecule has 0 heterocycles. The molecule has 0 aliphatic heterocycles. The maximum absolute atomic E-state index is 11.7. The van der Waals surface area contributed by atoms with E-state index >= 15 is 0 Å². The number of nitro benzene ring substituents is 1. The van der Waals surface area contributed by atoms with E-state index in [0.29, 0.717) is 5.56 Å². The normalized spacial score (nSPS) is 13.9. The Bertz CT molecular complexity index is 652. The number of benzene rings is 1. The van der Waals surface area contributed by atoms with Crippen LogP contribution in [0.4, 0.5) is 10.5 Å². The molecule has 0 aromatic heterocycles. The number of hydrogen-bond donors (Lipinski definition) is 2. The molecule has 3 amide bonds. The number of ether oxygens (including phenoxy) is 1. The van der Waals surface area contributed by atoms with Crippen LogP contribution in [0, 0.1) is 10.1 Å². The number of rotatable bonds is 6. The van der Waals surface area contributed by atoms with Gasteiger partial charge in [0.05, 0.1) is 11.3 Å². The molecule has 0 spiro atoms. The largest absolute Gasteiger partial charge is 0.455 e. The predicted molar refractivity (Wildman–Crippen MR) is 86.7 cm³/mol. The lowest BCUT2D eigenvalue weighted by atomic mass is 10.1. The number of carbonyl (C=O) groups excluding carboxylic acids is 3. The molecule has 9 heteroatoms. The van der Waals surface area contributed by atoms with Crippen LogP contribution in [0.2, 0.25) is 0 Å². The number of hydrogen-bond acceptors (Lipinski definition) is 6. The molecule has 1 saturated carbocycles. The molecule has 1 aromatic rings. The van der Waals surface area contributed by atoms with E-state index in [4.69, 9.17) is 4.74 Å². The second-order valence-corrected chi connectivity index (χ2v) is 5.76. The second kappa shape index (κ2) is 8.76. The van der Waals surface area contributed by atoms with Crippen molar-refractivity contribution < 1.29 is 24.0 Å². The van der Waals surface area contributed by atoms with Gasteiger partial charge in [0.1, 0.15) is 0 Å². The zero-order chi connectivity index (χ0) is 18.2. The molecule has 1 fully saturated rings. The highest BCUT2D eigenvalue weighted by atomic mass is 16.6. The maximum Gasteiger partial charge on any atom is 0.321 e. The third-order valence-electron chi connectivity index (χ3n) is 3.80. The molecule has 9 nitrogen and oxygen atoms in total. The SMILES string of the molecule is O=C(COC(=O)Cc1ccc([N+](=O)[O-])cc1)NC(=O)NC1CCCC1. The maximum atomic E-state index is 11.7. The van der Waals surface area contributed by atoms with Crippen LogP contribution in [0.15, 0.2) is 24.3 Å². The Kier molecular flexibility index (Phi) is 6.44. The number of amides is 3. The van der Waals surface area contributed by atoms with E-state index in [9.17, 15) is 24.5 Å². The van der Waals surface area contributed by atoms with Crippen molar-refractivity contribution in [2.45, 2.75) is 38.1 Å². The number of imide groups is 1. The summed E-state index contributed by atoms with van der Waals surface area (Å²) < 4.78 is 4.79. The summed E-state index contributed by atoms with van der Waals surface area (Å²) in [6.07, 6.45) is 3.77. The van der Waals surface area contributed by atoms with Crippen LogP contribution in [0.3, 0.4) is 0 Å². The van der Waals surface area contributed by atoms with Crippen molar-refractivity contribution >= 4 is 23.6 Å². The first-order chi connectivity index (χ1) is 11.9. The lowest BCUT2D eigenvalue weighted by Gasteiger charge is -2.12. The standard InChI is InChI=1S/C16H19N3O6/c20-14(18-16(22)17-12-3-1-2-4-12)10-25-15(21)9-11-5-7-13(8-6-11)19(23)24/h5-8,12H,1-4,9-10H2,(H2,17,18,20,22). The van der Waals surface area contributed by atoms with Gasteiger partial charge in [-0.2, -0.15) is 0 Å². The Morgan fingerprint density at radius 1 is 1.16 bits per heavy atom. The Morgan fingerprint density at radius 2 is 1.80 bits per heavy atom. The smallest absolute Gasteiger partial charge is 0.321 e. The molecule has 25 heavy (non-hydrogen) atoms. The monoisotopic (exact) mass is 349 g/mol. The van der Waals surface area contributed by atoms with Crippen LogP contribution in [0.5, 0.6) is 0 Å². The average molecular weight is 349 g/mol. The van der Waals surface area contributed by atoms with Crippen LogP contribution >= 0.6 is 0 Å². The predicted octanol–water partition coefficient (Wildman–Crippen LogP) is 1.45. The van der Waals surface area contributed by atoms with Crippen molar-refractivity contribution in [2.24, 2.45) is 0 Å². The summed E-state index contributed by atoms with van der Waals surface area (Å²) in [7, 11) is 0. The van der Waals surface area contributed by atoms with Gasteiger partial charge in [-0.05, 0) is 18.4 Å². The fourth-order valence-corrected chi connectivity index (χ4v) is 2.55.